The second kappa shape index (κ2) is 8.55. The molecule has 0 fully saturated rings. The molecule has 0 saturated heterocycles. The van der Waals surface area contributed by atoms with Gasteiger partial charge in [-0.15, -0.1) is 0 Å². The number of rotatable bonds is 6. The molecular formula is C17H14F2N2O4. The van der Waals surface area contributed by atoms with Crippen molar-refractivity contribution in [3.63, 3.8) is 0 Å². The minimum atomic E-state index is -0.797. The average molecular weight is 348 g/mol. The van der Waals surface area contributed by atoms with Crippen LogP contribution in [0.25, 0.3) is 6.08 Å². The zero-order valence-corrected chi connectivity index (χ0v) is 12.8. The van der Waals surface area contributed by atoms with Gasteiger partial charge in [0.25, 0.3) is 11.8 Å². The molecule has 25 heavy (non-hydrogen) atoms. The number of amides is 2. The Hall–Kier alpha value is -3.26. The van der Waals surface area contributed by atoms with Gasteiger partial charge < -0.3 is 10.1 Å². The fourth-order valence-corrected chi connectivity index (χ4v) is 1.86. The lowest BCUT2D eigenvalue weighted by molar-refractivity contribution is -0.124. The Bertz CT molecular complexity index is 771. The third kappa shape index (κ3) is 6.04. The van der Waals surface area contributed by atoms with Gasteiger partial charge in [-0.3, -0.25) is 14.8 Å². The summed E-state index contributed by atoms with van der Waals surface area (Å²) in [5.74, 6) is -2.44. The lowest BCUT2D eigenvalue weighted by atomic mass is 10.2. The molecule has 0 atom stereocenters. The summed E-state index contributed by atoms with van der Waals surface area (Å²) in [6, 6.07) is 9.10. The van der Waals surface area contributed by atoms with Gasteiger partial charge in [-0.2, -0.15) is 0 Å². The van der Waals surface area contributed by atoms with Gasteiger partial charge in [-0.1, -0.05) is 12.1 Å². The molecule has 0 aliphatic carbocycles. The minimum absolute atomic E-state index is 0.00579. The third-order valence-corrected chi connectivity index (χ3v) is 2.93. The van der Waals surface area contributed by atoms with E-state index >= 15 is 0 Å². The molecule has 0 saturated carbocycles. The molecule has 0 aliphatic rings. The van der Waals surface area contributed by atoms with E-state index < -0.39 is 23.4 Å². The molecule has 0 aromatic heterocycles. The van der Waals surface area contributed by atoms with Gasteiger partial charge in [0, 0.05) is 17.8 Å². The molecule has 2 amide bonds. The van der Waals surface area contributed by atoms with E-state index in [0.717, 1.165) is 18.2 Å². The largest absolute Gasteiger partial charge is 0.484 e. The highest BCUT2D eigenvalue weighted by Gasteiger charge is 2.06. The van der Waals surface area contributed by atoms with Crippen LogP contribution in [0.2, 0.25) is 0 Å². The number of hydroxylamine groups is 1. The summed E-state index contributed by atoms with van der Waals surface area (Å²) in [6.45, 7) is -0.347. The maximum atomic E-state index is 13.0. The van der Waals surface area contributed by atoms with Gasteiger partial charge in [0.2, 0.25) is 0 Å². The van der Waals surface area contributed by atoms with E-state index in [0.29, 0.717) is 17.4 Å². The summed E-state index contributed by atoms with van der Waals surface area (Å²) in [7, 11) is 0. The summed E-state index contributed by atoms with van der Waals surface area (Å²) >= 11 is 0. The number of anilines is 1. The molecule has 6 nitrogen and oxygen atoms in total. The Balaban J connectivity index is 1.87. The Labute approximate surface area is 141 Å². The Morgan fingerprint density at radius 1 is 1.08 bits per heavy atom. The maximum absolute atomic E-state index is 13.0. The lowest BCUT2D eigenvalue weighted by Gasteiger charge is -2.08. The van der Waals surface area contributed by atoms with Crippen molar-refractivity contribution in [2.75, 3.05) is 11.9 Å². The van der Waals surface area contributed by atoms with Gasteiger partial charge >= 0.3 is 0 Å². The first-order valence-electron chi connectivity index (χ1n) is 7.07. The molecule has 0 heterocycles. The quantitative estimate of drug-likeness (QED) is 0.425. The number of carbonyl (C=O) groups is 2. The molecule has 2 aromatic rings. The minimum Gasteiger partial charge on any atom is -0.484 e. The Morgan fingerprint density at radius 2 is 1.72 bits per heavy atom. The molecule has 0 unspecified atom stereocenters. The monoisotopic (exact) mass is 348 g/mol. The van der Waals surface area contributed by atoms with E-state index in [-0.39, 0.29) is 12.3 Å². The van der Waals surface area contributed by atoms with Crippen molar-refractivity contribution in [1.82, 2.24) is 5.48 Å². The fraction of sp³-hybridized carbons (Fsp3) is 0.0588. The summed E-state index contributed by atoms with van der Waals surface area (Å²) < 4.78 is 31.3. The van der Waals surface area contributed by atoms with Crippen molar-refractivity contribution in [3.05, 3.63) is 65.7 Å². The first-order chi connectivity index (χ1) is 12.0. The van der Waals surface area contributed by atoms with E-state index in [1.807, 2.05) is 0 Å². The topological polar surface area (TPSA) is 87.7 Å². The van der Waals surface area contributed by atoms with Crippen LogP contribution in [0.15, 0.2) is 48.5 Å². The first kappa shape index (κ1) is 18.1. The molecule has 2 rings (SSSR count). The number of hydrogen-bond acceptors (Lipinski definition) is 4. The molecule has 0 radical (unpaired) electrons. The molecule has 2 aromatic carbocycles. The van der Waals surface area contributed by atoms with Gasteiger partial charge in [0.1, 0.15) is 17.4 Å². The molecule has 0 spiro atoms. The van der Waals surface area contributed by atoms with Crippen molar-refractivity contribution in [2.45, 2.75) is 0 Å². The highest BCUT2D eigenvalue weighted by molar-refractivity contribution is 5.92. The van der Waals surface area contributed by atoms with Gasteiger partial charge in [0.15, 0.2) is 6.61 Å². The fourth-order valence-electron chi connectivity index (χ4n) is 1.86. The summed E-state index contributed by atoms with van der Waals surface area (Å²) in [6.07, 6.45) is 2.61. The second-order valence-corrected chi connectivity index (χ2v) is 4.87. The van der Waals surface area contributed by atoms with E-state index in [1.54, 1.807) is 24.3 Å². The van der Waals surface area contributed by atoms with Gasteiger partial charge in [0.05, 0.1) is 0 Å². The average Bonchev–Trinajstić information content (AvgIpc) is 2.57. The van der Waals surface area contributed by atoms with Crippen molar-refractivity contribution in [3.8, 4) is 5.75 Å². The van der Waals surface area contributed by atoms with Gasteiger partial charge in [-0.25, -0.2) is 14.3 Å². The van der Waals surface area contributed by atoms with Crippen molar-refractivity contribution in [2.24, 2.45) is 0 Å². The number of hydrogen-bond donors (Lipinski definition) is 3. The zero-order valence-electron chi connectivity index (χ0n) is 12.8. The van der Waals surface area contributed by atoms with Crippen LogP contribution in [-0.2, 0) is 9.59 Å². The standard InChI is InChI=1S/C17H14F2N2O4/c18-12-7-13(19)9-14(8-12)20-17(23)10-25-15-4-1-11(2-5-15)3-6-16(22)21-24/h1-9,24H,10H2,(H,20,23)(H,21,22)/b6-3+. The van der Waals surface area contributed by atoms with Crippen LogP contribution in [0, 0.1) is 11.6 Å². The molecule has 130 valence electrons. The summed E-state index contributed by atoms with van der Waals surface area (Å²) in [5.41, 5.74) is 2.14. The molecular weight excluding hydrogens is 334 g/mol. The van der Waals surface area contributed by atoms with Crippen LogP contribution in [0.1, 0.15) is 5.56 Å². The molecule has 0 bridgehead atoms. The van der Waals surface area contributed by atoms with Crippen LogP contribution in [0.4, 0.5) is 14.5 Å². The Kier molecular flexibility index (Phi) is 6.19. The van der Waals surface area contributed by atoms with Crippen molar-refractivity contribution in [1.29, 1.82) is 0 Å². The van der Waals surface area contributed by atoms with E-state index in [1.165, 1.54) is 11.6 Å². The van der Waals surface area contributed by atoms with Crippen LogP contribution in [0.3, 0.4) is 0 Å². The SMILES string of the molecule is O=C(/C=C/c1ccc(OCC(=O)Nc2cc(F)cc(F)c2)cc1)NO. The lowest BCUT2D eigenvalue weighted by Crippen LogP contribution is -2.20. The van der Waals surface area contributed by atoms with Crippen molar-refractivity contribution < 1.29 is 28.3 Å². The number of nitrogens with one attached hydrogen (secondary N) is 2. The predicted molar refractivity (Wildman–Crippen MR) is 85.9 cm³/mol. The van der Waals surface area contributed by atoms with E-state index in [2.05, 4.69) is 5.32 Å². The van der Waals surface area contributed by atoms with Crippen molar-refractivity contribution >= 4 is 23.6 Å². The highest BCUT2D eigenvalue weighted by atomic mass is 19.1. The van der Waals surface area contributed by atoms with E-state index in [4.69, 9.17) is 9.94 Å². The molecule has 3 N–H and O–H groups in total. The second-order valence-electron chi connectivity index (χ2n) is 4.87. The zero-order chi connectivity index (χ0) is 18.2. The van der Waals surface area contributed by atoms with Crippen LogP contribution in [-0.4, -0.2) is 23.6 Å². The number of ether oxygens (including phenoxy) is 1. The van der Waals surface area contributed by atoms with Crippen LogP contribution in [0.5, 0.6) is 5.75 Å². The summed E-state index contributed by atoms with van der Waals surface area (Å²) in [4.78, 5) is 22.6. The molecule has 0 aliphatic heterocycles. The number of halogens is 2. The van der Waals surface area contributed by atoms with Gasteiger partial charge in [-0.05, 0) is 35.9 Å². The number of carbonyl (C=O) groups excluding carboxylic acids is 2. The number of benzene rings is 2. The Morgan fingerprint density at radius 3 is 2.32 bits per heavy atom. The predicted octanol–water partition coefficient (Wildman–Crippen LogP) is 2.50. The normalized spacial score (nSPS) is 10.5. The molecule has 8 heteroatoms. The smallest absolute Gasteiger partial charge is 0.267 e. The van der Waals surface area contributed by atoms with Crippen LogP contribution >= 0.6 is 0 Å². The van der Waals surface area contributed by atoms with Crippen LogP contribution < -0.4 is 15.5 Å². The maximum Gasteiger partial charge on any atom is 0.267 e. The third-order valence-electron chi connectivity index (χ3n) is 2.93. The van der Waals surface area contributed by atoms with E-state index in [9.17, 15) is 18.4 Å². The summed E-state index contributed by atoms with van der Waals surface area (Å²) in [5, 5.41) is 10.7. The first-order valence-corrected chi connectivity index (χ1v) is 7.07. The highest BCUT2D eigenvalue weighted by Crippen LogP contribution is 2.15.